The minimum atomic E-state index is -2.99. The summed E-state index contributed by atoms with van der Waals surface area (Å²) in [6.45, 7) is 0.313. The van der Waals surface area contributed by atoms with Gasteiger partial charge in [-0.3, -0.25) is 4.79 Å². The van der Waals surface area contributed by atoms with E-state index in [1.165, 1.54) is 6.26 Å². The number of carbonyl (C=O) groups excluding carboxylic acids is 1. The van der Waals surface area contributed by atoms with Crippen molar-refractivity contribution < 1.29 is 13.2 Å². The van der Waals surface area contributed by atoms with E-state index in [9.17, 15) is 13.2 Å². The first-order valence-electron chi connectivity index (χ1n) is 6.23. The van der Waals surface area contributed by atoms with Crippen molar-refractivity contribution in [3.63, 3.8) is 0 Å². The number of nitrogen functional groups attached to an aromatic ring is 1. The highest BCUT2D eigenvalue weighted by atomic mass is 32.2. The van der Waals surface area contributed by atoms with Crippen LogP contribution in [0.5, 0.6) is 0 Å². The molecule has 1 aromatic rings. The molecule has 0 fully saturated rings. The average molecular weight is 299 g/mol. The van der Waals surface area contributed by atoms with Gasteiger partial charge >= 0.3 is 0 Å². The normalized spacial score (nSPS) is 11.2. The van der Waals surface area contributed by atoms with Crippen molar-refractivity contribution in [2.45, 2.75) is 6.42 Å². The molecule has 1 amide bonds. The van der Waals surface area contributed by atoms with E-state index in [1.807, 2.05) is 19.0 Å². The first kappa shape index (κ1) is 16.3. The lowest BCUT2D eigenvalue weighted by Gasteiger charge is -2.17. The number of sulfone groups is 1. The minimum absolute atomic E-state index is 0.0603. The van der Waals surface area contributed by atoms with Gasteiger partial charge in [0, 0.05) is 38.3 Å². The van der Waals surface area contributed by atoms with Crippen LogP contribution in [0, 0.1) is 0 Å². The number of rotatable bonds is 6. The molecular weight excluding hydrogens is 278 g/mol. The third-order valence-electron chi connectivity index (χ3n) is 2.72. The summed E-state index contributed by atoms with van der Waals surface area (Å²) < 4.78 is 22.0. The van der Waals surface area contributed by atoms with Crippen molar-refractivity contribution in [2.24, 2.45) is 0 Å². The molecule has 0 radical (unpaired) electrons. The Morgan fingerprint density at radius 3 is 2.55 bits per heavy atom. The molecular formula is C13H21N3O3S. The van der Waals surface area contributed by atoms with E-state index in [0.717, 1.165) is 5.69 Å². The van der Waals surface area contributed by atoms with E-state index in [1.54, 1.807) is 18.2 Å². The SMILES string of the molecule is CN(C)c1ccc(N)cc1C(=O)NCCCS(C)(=O)=O. The van der Waals surface area contributed by atoms with E-state index in [-0.39, 0.29) is 11.7 Å². The number of hydrogen-bond donors (Lipinski definition) is 2. The van der Waals surface area contributed by atoms with Crippen LogP contribution >= 0.6 is 0 Å². The molecule has 7 heteroatoms. The summed E-state index contributed by atoms with van der Waals surface area (Å²) in [5, 5.41) is 2.71. The molecule has 0 aromatic heterocycles. The van der Waals surface area contributed by atoms with Crippen LogP contribution in [0.3, 0.4) is 0 Å². The Morgan fingerprint density at radius 1 is 1.35 bits per heavy atom. The van der Waals surface area contributed by atoms with Crippen molar-refractivity contribution >= 4 is 27.1 Å². The molecule has 0 saturated heterocycles. The van der Waals surface area contributed by atoms with Crippen LogP contribution in [0.2, 0.25) is 0 Å². The molecule has 1 rings (SSSR count). The quantitative estimate of drug-likeness (QED) is 0.589. The average Bonchev–Trinajstić information content (AvgIpc) is 2.32. The number of amides is 1. The Labute approximate surface area is 119 Å². The van der Waals surface area contributed by atoms with E-state index in [2.05, 4.69) is 5.32 Å². The van der Waals surface area contributed by atoms with Crippen molar-refractivity contribution in [3.8, 4) is 0 Å². The summed E-state index contributed by atoms with van der Waals surface area (Å²) in [6.07, 6.45) is 1.57. The van der Waals surface area contributed by atoms with Crippen LogP contribution in [0.1, 0.15) is 16.8 Å². The fraction of sp³-hybridized carbons (Fsp3) is 0.462. The van der Waals surface area contributed by atoms with Crippen LogP contribution in [0.4, 0.5) is 11.4 Å². The standard InChI is InChI=1S/C13H21N3O3S/c1-16(2)12-6-5-10(14)9-11(12)13(17)15-7-4-8-20(3,18)19/h5-6,9H,4,7-8,14H2,1-3H3,(H,15,17). The third kappa shape index (κ3) is 5.08. The zero-order chi connectivity index (χ0) is 15.3. The van der Waals surface area contributed by atoms with Gasteiger partial charge in [0.05, 0.1) is 11.3 Å². The molecule has 0 aliphatic heterocycles. The summed E-state index contributed by atoms with van der Waals surface area (Å²) in [7, 11) is 0.684. The van der Waals surface area contributed by atoms with E-state index >= 15 is 0 Å². The van der Waals surface area contributed by atoms with Crippen LogP contribution in [-0.2, 0) is 9.84 Å². The summed E-state index contributed by atoms with van der Waals surface area (Å²) in [4.78, 5) is 13.9. The molecule has 112 valence electrons. The second kappa shape index (κ2) is 6.60. The highest BCUT2D eigenvalue weighted by Gasteiger charge is 2.13. The van der Waals surface area contributed by atoms with Gasteiger partial charge in [-0.1, -0.05) is 0 Å². The largest absolute Gasteiger partial charge is 0.399 e. The molecule has 0 saturated carbocycles. The lowest BCUT2D eigenvalue weighted by molar-refractivity contribution is 0.0954. The molecule has 0 unspecified atom stereocenters. The smallest absolute Gasteiger partial charge is 0.253 e. The Morgan fingerprint density at radius 2 is 2.00 bits per heavy atom. The number of anilines is 2. The van der Waals surface area contributed by atoms with Gasteiger partial charge in [-0.15, -0.1) is 0 Å². The number of carbonyl (C=O) groups is 1. The maximum atomic E-state index is 12.1. The Hall–Kier alpha value is -1.76. The number of hydrogen-bond acceptors (Lipinski definition) is 5. The molecule has 20 heavy (non-hydrogen) atoms. The maximum absolute atomic E-state index is 12.1. The molecule has 0 heterocycles. The van der Waals surface area contributed by atoms with Gasteiger partial charge in [-0.2, -0.15) is 0 Å². The fourth-order valence-corrected chi connectivity index (χ4v) is 2.43. The molecule has 1 aromatic carbocycles. The van der Waals surface area contributed by atoms with Crippen molar-refractivity contribution in [1.29, 1.82) is 0 Å². The first-order chi connectivity index (χ1) is 9.20. The van der Waals surface area contributed by atoms with Crippen LogP contribution in [-0.4, -0.2) is 47.0 Å². The Kier molecular flexibility index (Phi) is 5.38. The predicted octanol–water partition coefficient (Wildman–Crippen LogP) is 0.499. The summed E-state index contributed by atoms with van der Waals surface area (Å²) in [6, 6.07) is 5.12. The molecule has 0 bridgehead atoms. The lowest BCUT2D eigenvalue weighted by atomic mass is 10.1. The lowest BCUT2D eigenvalue weighted by Crippen LogP contribution is -2.27. The van der Waals surface area contributed by atoms with Crippen LogP contribution in [0.25, 0.3) is 0 Å². The number of nitrogens with one attached hydrogen (secondary N) is 1. The number of nitrogens with two attached hydrogens (primary N) is 1. The molecule has 0 atom stereocenters. The predicted molar refractivity (Wildman–Crippen MR) is 81.8 cm³/mol. The monoisotopic (exact) mass is 299 g/mol. The van der Waals surface area contributed by atoms with Crippen LogP contribution in [0.15, 0.2) is 18.2 Å². The van der Waals surface area contributed by atoms with E-state index in [0.29, 0.717) is 24.2 Å². The number of benzene rings is 1. The number of nitrogens with zero attached hydrogens (tertiary/aromatic N) is 1. The van der Waals surface area contributed by atoms with E-state index in [4.69, 9.17) is 5.73 Å². The summed E-state index contributed by atoms with van der Waals surface area (Å²) in [5.74, 6) is -0.195. The van der Waals surface area contributed by atoms with Gasteiger partial charge in [0.1, 0.15) is 9.84 Å². The van der Waals surface area contributed by atoms with Crippen molar-refractivity contribution in [1.82, 2.24) is 5.32 Å². The van der Waals surface area contributed by atoms with Gasteiger partial charge in [0.25, 0.3) is 5.91 Å². The fourth-order valence-electron chi connectivity index (χ4n) is 1.76. The molecule has 6 nitrogen and oxygen atoms in total. The van der Waals surface area contributed by atoms with Crippen molar-refractivity contribution in [2.75, 3.05) is 43.3 Å². The maximum Gasteiger partial charge on any atom is 0.253 e. The second-order valence-corrected chi connectivity index (χ2v) is 7.17. The summed E-state index contributed by atoms with van der Waals surface area (Å²) >= 11 is 0. The first-order valence-corrected chi connectivity index (χ1v) is 8.29. The molecule has 0 spiro atoms. The van der Waals surface area contributed by atoms with Crippen molar-refractivity contribution in [3.05, 3.63) is 23.8 Å². The Bertz CT molecular complexity index is 583. The zero-order valence-corrected chi connectivity index (χ0v) is 12.8. The topological polar surface area (TPSA) is 92.5 Å². The van der Waals surface area contributed by atoms with Gasteiger partial charge in [0.2, 0.25) is 0 Å². The molecule has 0 aliphatic rings. The molecule has 3 N–H and O–H groups in total. The summed E-state index contributed by atoms with van der Waals surface area (Å²) in [5.41, 5.74) is 7.46. The van der Waals surface area contributed by atoms with Gasteiger partial charge in [-0.05, 0) is 24.6 Å². The second-order valence-electron chi connectivity index (χ2n) is 4.91. The zero-order valence-electron chi connectivity index (χ0n) is 12.0. The van der Waals surface area contributed by atoms with Gasteiger partial charge < -0.3 is 16.0 Å². The minimum Gasteiger partial charge on any atom is -0.399 e. The van der Waals surface area contributed by atoms with Gasteiger partial charge in [0.15, 0.2) is 0 Å². The van der Waals surface area contributed by atoms with E-state index < -0.39 is 9.84 Å². The van der Waals surface area contributed by atoms with Crippen LogP contribution < -0.4 is 16.0 Å². The third-order valence-corrected chi connectivity index (χ3v) is 3.75. The van der Waals surface area contributed by atoms with Gasteiger partial charge in [-0.25, -0.2) is 8.42 Å². The molecule has 0 aliphatic carbocycles. The highest BCUT2D eigenvalue weighted by Crippen LogP contribution is 2.21. The Balaban J connectivity index is 2.70. The highest BCUT2D eigenvalue weighted by molar-refractivity contribution is 7.90.